The Kier molecular flexibility index (Phi) is 5.25. The highest BCUT2D eigenvalue weighted by atomic mass is 32.2. The minimum absolute atomic E-state index is 0.186. The predicted octanol–water partition coefficient (Wildman–Crippen LogP) is 1.24. The van der Waals surface area contributed by atoms with Gasteiger partial charge in [-0.3, -0.25) is 0 Å². The molecule has 1 aromatic carbocycles. The van der Waals surface area contributed by atoms with Gasteiger partial charge in [-0.1, -0.05) is 6.07 Å². The van der Waals surface area contributed by atoms with Crippen LogP contribution in [0.15, 0.2) is 24.3 Å². The summed E-state index contributed by atoms with van der Waals surface area (Å²) in [6.07, 6.45) is 2.68. The summed E-state index contributed by atoms with van der Waals surface area (Å²) in [5.41, 5.74) is 0.618. The number of piperidine rings is 1. The van der Waals surface area contributed by atoms with Crippen LogP contribution in [-0.2, 0) is 10.0 Å². The number of methoxy groups -OCH3 is 1. The number of hydrogen-bond donors (Lipinski definition) is 2. The van der Waals surface area contributed by atoms with Gasteiger partial charge in [0.2, 0.25) is 10.0 Å². The average molecular weight is 327 g/mol. The Labute approximate surface area is 130 Å². The molecule has 2 N–H and O–H groups in total. The summed E-state index contributed by atoms with van der Waals surface area (Å²) in [4.78, 5) is 12.0. The molecule has 0 unspecified atom stereocenters. The molecule has 0 bridgehead atoms. The third kappa shape index (κ3) is 4.60. The molecule has 1 fully saturated rings. The minimum Gasteiger partial charge on any atom is -0.497 e. The number of anilines is 1. The molecule has 1 aliphatic heterocycles. The maximum absolute atomic E-state index is 12.0. The fraction of sp³-hybridized carbons (Fsp3) is 0.500. The standard InChI is InChI=1S/C14H21N3O4S/c1-21-13-7-3-5-11(9-13)15-14(18)16-12-6-4-8-17(10-12)22(2,19)20/h3,5,7,9,12H,4,6,8,10H2,1-2H3,(H2,15,16,18)/t12-/m1/s1. The van der Waals surface area contributed by atoms with E-state index in [4.69, 9.17) is 4.74 Å². The van der Waals surface area contributed by atoms with E-state index >= 15 is 0 Å². The second-order valence-corrected chi connectivity index (χ2v) is 7.27. The highest BCUT2D eigenvalue weighted by molar-refractivity contribution is 7.88. The average Bonchev–Trinajstić information content (AvgIpc) is 2.46. The molecule has 0 aliphatic carbocycles. The molecule has 0 saturated carbocycles. The molecule has 22 heavy (non-hydrogen) atoms. The van der Waals surface area contributed by atoms with Crippen LogP contribution in [0.5, 0.6) is 5.75 Å². The number of hydrogen-bond acceptors (Lipinski definition) is 4. The topological polar surface area (TPSA) is 87.7 Å². The lowest BCUT2D eigenvalue weighted by atomic mass is 10.1. The van der Waals surface area contributed by atoms with Crippen molar-refractivity contribution in [1.82, 2.24) is 9.62 Å². The van der Waals surface area contributed by atoms with Crippen LogP contribution in [-0.4, -0.2) is 51.3 Å². The van der Waals surface area contributed by atoms with Gasteiger partial charge in [0.05, 0.1) is 13.4 Å². The number of nitrogens with one attached hydrogen (secondary N) is 2. The lowest BCUT2D eigenvalue weighted by molar-refractivity contribution is 0.236. The van der Waals surface area contributed by atoms with E-state index in [1.54, 1.807) is 31.4 Å². The third-order valence-electron chi connectivity index (χ3n) is 3.52. The fourth-order valence-corrected chi connectivity index (χ4v) is 3.33. The third-order valence-corrected chi connectivity index (χ3v) is 4.79. The van der Waals surface area contributed by atoms with Gasteiger partial charge >= 0.3 is 6.03 Å². The zero-order chi connectivity index (χ0) is 16.2. The maximum atomic E-state index is 12.0. The number of amides is 2. The maximum Gasteiger partial charge on any atom is 0.319 e. The van der Waals surface area contributed by atoms with E-state index in [2.05, 4.69) is 10.6 Å². The molecule has 0 aromatic heterocycles. The van der Waals surface area contributed by atoms with E-state index in [-0.39, 0.29) is 12.1 Å². The second-order valence-electron chi connectivity index (χ2n) is 5.29. The summed E-state index contributed by atoms with van der Waals surface area (Å²) >= 11 is 0. The summed E-state index contributed by atoms with van der Waals surface area (Å²) in [6, 6.07) is 6.49. The smallest absolute Gasteiger partial charge is 0.319 e. The molecular formula is C14H21N3O4S. The van der Waals surface area contributed by atoms with Gasteiger partial charge in [0.1, 0.15) is 5.75 Å². The van der Waals surface area contributed by atoms with Crippen LogP contribution in [0.25, 0.3) is 0 Å². The molecule has 0 spiro atoms. The zero-order valence-corrected chi connectivity index (χ0v) is 13.5. The van der Waals surface area contributed by atoms with Gasteiger partial charge in [-0.05, 0) is 25.0 Å². The molecule has 2 rings (SSSR count). The van der Waals surface area contributed by atoms with Crippen LogP contribution in [0, 0.1) is 0 Å². The number of nitrogens with zero attached hydrogens (tertiary/aromatic N) is 1. The Hall–Kier alpha value is -1.80. The van der Waals surface area contributed by atoms with Gasteiger partial charge in [-0.15, -0.1) is 0 Å². The first-order valence-electron chi connectivity index (χ1n) is 7.05. The van der Waals surface area contributed by atoms with E-state index in [1.807, 2.05) is 0 Å². The number of carbonyl (C=O) groups is 1. The van der Waals surface area contributed by atoms with Crippen LogP contribution < -0.4 is 15.4 Å². The van der Waals surface area contributed by atoms with Crippen LogP contribution in [0.2, 0.25) is 0 Å². The largest absolute Gasteiger partial charge is 0.497 e. The van der Waals surface area contributed by atoms with Crippen LogP contribution >= 0.6 is 0 Å². The Morgan fingerprint density at radius 2 is 2.18 bits per heavy atom. The molecule has 1 aliphatic rings. The second kappa shape index (κ2) is 6.97. The van der Waals surface area contributed by atoms with Gasteiger partial charge in [0.15, 0.2) is 0 Å². The lowest BCUT2D eigenvalue weighted by Gasteiger charge is -2.31. The molecule has 0 radical (unpaired) electrons. The van der Waals surface area contributed by atoms with Gasteiger partial charge in [0.25, 0.3) is 0 Å². The van der Waals surface area contributed by atoms with Crippen molar-refractivity contribution in [1.29, 1.82) is 0 Å². The summed E-state index contributed by atoms with van der Waals surface area (Å²) in [6.45, 7) is 0.818. The summed E-state index contributed by atoms with van der Waals surface area (Å²) in [5, 5.41) is 5.53. The first kappa shape index (κ1) is 16.6. The van der Waals surface area contributed by atoms with E-state index in [9.17, 15) is 13.2 Å². The number of ether oxygens (including phenoxy) is 1. The van der Waals surface area contributed by atoms with Gasteiger partial charge in [0, 0.05) is 30.9 Å². The molecule has 7 nitrogen and oxygen atoms in total. The molecular weight excluding hydrogens is 306 g/mol. The molecule has 1 aromatic rings. The monoisotopic (exact) mass is 327 g/mol. The van der Waals surface area contributed by atoms with E-state index < -0.39 is 10.0 Å². The summed E-state index contributed by atoms with van der Waals surface area (Å²) in [5.74, 6) is 0.652. The predicted molar refractivity (Wildman–Crippen MR) is 84.6 cm³/mol. The molecule has 8 heteroatoms. The summed E-state index contributed by atoms with van der Waals surface area (Å²) in [7, 11) is -1.66. The van der Waals surface area contributed by atoms with Gasteiger partial charge < -0.3 is 15.4 Å². The molecule has 1 heterocycles. The quantitative estimate of drug-likeness (QED) is 0.871. The first-order chi connectivity index (χ1) is 10.4. The van der Waals surface area contributed by atoms with Gasteiger partial charge in [-0.2, -0.15) is 0 Å². The fourth-order valence-electron chi connectivity index (χ4n) is 2.41. The SMILES string of the molecule is COc1cccc(NC(=O)N[C@@H]2CCCN(S(C)(=O)=O)C2)c1. The van der Waals surface area contributed by atoms with Crippen molar-refractivity contribution in [2.75, 3.05) is 31.8 Å². The Bertz CT molecular complexity index is 633. The molecule has 2 amide bonds. The lowest BCUT2D eigenvalue weighted by Crippen LogP contribution is -2.50. The Morgan fingerprint density at radius 3 is 2.86 bits per heavy atom. The number of sulfonamides is 1. The Balaban J connectivity index is 1.91. The van der Waals surface area contributed by atoms with Gasteiger partial charge in [-0.25, -0.2) is 17.5 Å². The van der Waals surface area contributed by atoms with E-state index in [1.165, 1.54) is 10.6 Å². The van der Waals surface area contributed by atoms with Crippen LogP contribution in [0.1, 0.15) is 12.8 Å². The number of urea groups is 1. The first-order valence-corrected chi connectivity index (χ1v) is 8.90. The van der Waals surface area contributed by atoms with Crippen molar-refractivity contribution in [3.63, 3.8) is 0 Å². The number of benzene rings is 1. The minimum atomic E-state index is -3.22. The Morgan fingerprint density at radius 1 is 1.41 bits per heavy atom. The van der Waals surface area contributed by atoms with E-state index in [0.717, 1.165) is 12.8 Å². The number of carbonyl (C=O) groups excluding carboxylic acids is 1. The van der Waals surface area contributed by atoms with Crippen molar-refractivity contribution in [3.05, 3.63) is 24.3 Å². The van der Waals surface area contributed by atoms with Crippen molar-refractivity contribution in [2.24, 2.45) is 0 Å². The normalized spacial score (nSPS) is 19.5. The van der Waals surface area contributed by atoms with Crippen molar-refractivity contribution in [3.8, 4) is 5.75 Å². The molecule has 1 saturated heterocycles. The molecule has 122 valence electrons. The van der Waals surface area contributed by atoms with Crippen molar-refractivity contribution in [2.45, 2.75) is 18.9 Å². The summed E-state index contributed by atoms with van der Waals surface area (Å²) < 4.78 is 29.6. The zero-order valence-electron chi connectivity index (χ0n) is 12.7. The highest BCUT2D eigenvalue weighted by Crippen LogP contribution is 2.17. The number of rotatable bonds is 4. The van der Waals surface area contributed by atoms with Crippen LogP contribution in [0.3, 0.4) is 0 Å². The van der Waals surface area contributed by atoms with Crippen LogP contribution in [0.4, 0.5) is 10.5 Å². The van der Waals surface area contributed by atoms with Crippen molar-refractivity contribution >= 4 is 21.7 Å². The highest BCUT2D eigenvalue weighted by Gasteiger charge is 2.26. The van der Waals surface area contributed by atoms with E-state index in [0.29, 0.717) is 24.5 Å². The van der Waals surface area contributed by atoms with Crippen molar-refractivity contribution < 1.29 is 17.9 Å². The molecule has 1 atom stereocenters.